The first-order valence-corrected chi connectivity index (χ1v) is 7.27. The number of rotatable bonds is 8. The molecule has 110 valence electrons. The van der Waals surface area contributed by atoms with E-state index >= 15 is 0 Å². The van der Waals surface area contributed by atoms with Crippen LogP contribution in [0.25, 0.3) is 0 Å². The molecule has 0 radical (unpaired) electrons. The number of carbonyl (C=O) groups excluding carboxylic acids is 1. The Balaban J connectivity index is 1.54. The van der Waals surface area contributed by atoms with Crippen LogP contribution in [0.5, 0.6) is 0 Å². The van der Waals surface area contributed by atoms with Crippen LogP contribution in [-0.4, -0.2) is 19.1 Å². The SMILES string of the molecule is O=C(COCc1ccccc1)NCCCc1ccccc1. The van der Waals surface area contributed by atoms with E-state index in [2.05, 4.69) is 17.4 Å². The number of benzene rings is 2. The molecule has 2 aromatic carbocycles. The minimum atomic E-state index is -0.0565. The lowest BCUT2D eigenvalue weighted by Gasteiger charge is -2.06. The molecule has 0 aliphatic carbocycles. The standard InChI is InChI=1S/C18H21NO2/c20-18(15-21-14-17-10-5-2-6-11-17)19-13-7-12-16-8-3-1-4-9-16/h1-6,8-11H,7,12-15H2,(H,19,20). The Morgan fingerprint density at radius 2 is 1.52 bits per heavy atom. The van der Waals surface area contributed by atoms with Crippen molar-refractivity contribution >= 4 is 5.91 Å². The van der Waals surface area contributed by atoms with Crippen LogP contribution < -0.4 is 5.32 Å². The van der Waals surface area contributed by atoms with Crippen molar-refractivity contribution in [2.75, 3.05) is 13.2 Å². The van der Waals surface area contributed by atoms with Crippen LogP contribution in [0.4, 0.5) is 0 Å². The highest BCUT2D eigenvalue weighted by Gasteiger charge is 2.01. The molecule has 0 aliphatic rings. The van der Waals surface area contributed by atoms with E-state index in [1.807, 2.05) is 48.5 Å². The van der Waals surface area contributed by atoms with Crippen LogP contribution in [0.3, 0.4) is 0 Å². The molecular weight excluding hydrogens is 262 g/mol. The molecule has 0 saturated carbocycles. The molecule has 0 aliphatic heterocycles. The molecule has 1 N–H and O–H groups in total. The Morgan fingerprint density at radius 3 is 2.19 bits per heavy atom. The number of amides is 1. The van der Waals surface area contributed by atoms with Crippen LogP contribution in [0.2, 0.25) is 0 Å². The number of ether oxygens (including phenoxy) is 1. The van der Waals surface area contributed by atoms with E-state index in [4.69, 9.17) is 4.74 Å². The van der Waals surface area contributed by atoms with Crippen molar-refractivity contribution < 1.29 is 9.53 Å². The first-order valence-electron chi connectivity index (χ1n) is 7.27. The average Bonchev–Trinajstić information content (AvgIpc) is 2.54. The fraction of sp³-hybridized carbons (Fsp3) is 0.278. The van der Waals surface area contributed by atoms with Crippen LogP contribution in [-0.2, 0) is 22.6 Å². The molecule has 0 saturated heterocycles. The van der Waals surface area contributed by atoms with E-state index in [9.17, 15) is 4.79 Å². The Morgan fingerprint density at radius 1 is 0.905 bits per heavy atom. The van der Waals surface area contributed by atoms with Gasteiger partial charge in [-0.15, -0.1) is 0 Å². The summed E-state index contributed by atoms with van der Waals surface area (Å²) in [5.41, 5.74) is 2.38. The van der Waals surface area contributed by atoms with Gasteiger partial charge in [0.2, 0.25) is 5.91 Å². The van der Waals surface area contributed by atoms with Gasteiger partial charge in [0.25, 0.3) is 0 Å². The lowest BCUT2D eigenvalue weighted by molar-refractivity contribution is -0.126. The van der Waals surface area contributed by atoms with Crippen LogP contribution in [0, 0.1) is 0 Å². The summed E-state index contributed by atoms with van der Waals surface area (Å²) in [6.45, 7) is 1.26. The molecule has 1 amide bonds. The van der Waals surface area contributed by atoms with Crippen molar-refractivity contribution in [2.24, 2.45) is 0 Å². The van der Waals surface area contributed by atoms with Crippen molar-refractivity contribution in [3.8, 4) is 0 Å². The van der Waals surface area contributed by atoms with Crippen LogP contribution in [0.15, 0.2) is 60.7 Å². The summed E-state index contributed by atoms with van der Waals surface area (Å²) in [5, 5.41) is 2.88. The third kappa shape index (κ3) is 6.23. The van der Waals surface area contributed by atoms with Gasteiger partial charge in [-0.2, -0.15) is 0 Å². The van der Waals surface area contributed by atoms with Gasteiger partial charge in [0.15, 0.2) is 0 Å². The fourth-order valence-corrected chi connectivity index (χ4v) is 2.05. The number of carbonyl (C=O) groups is 1. The monoisotopic (exact) mass is 283 g/mol. The summed E-state index contributed by atoms with van der Waals surface area (Å²) in [6.07, 6.45) is 1.92. The molecule has 0 atom stereocenters. The largest absolute Gasteiger partial charge is 0.367 e. The second-order valence-electron chi connectivity index (χ2n) is 4.92. The quantitative estimate of drug-likeness (QED) is 0.756. The maximum absolute atomic E-state index is 11.6. The predicted octanol–water partition coefficient (Wildman–Crippen LogP) is 2.95. The minimum Gasteiger partial charge on any atom is -0.367 e. The van der Waals surface area contributed by atoms with Gasteiger partial charge in [0.05, 0.1) is 6.61 Å². The number of hydrogen-bond acceptors (Lipinski definition) is 2. The van der Waals surface area contributed by atoms with Crippen molar-refractivity contribution in [2.45, 2.75) is 19.4 Å². The van der Waals surface area contributed by atoms with Crippen LogP contribution >= 0.6 is 0 Å². The molecule has 21 heavy (non-hydrogen) atoms. The Labute approximate surface area is 126 Å². The molecule has 3 heteroatoms. The summed E-state index contributed by atoms with van der Waals surface area (Å²) < 4.78 is 5.38. The van der Waals surface area contributed by atoms with Crippen molar-refractivity contribution in [3.63, 3.8) is 0 Å². The summed E-state index contributed by atoms with van der Waals surface area (Å²) in [4.78, 5) is 11.6. The molecule has 2 rings (SSSR count). The molecule has 0 heterocycles. The number of hydrogen-bond donors (Lipinski definition) is 1. The van der Waals surface area contributed by atoms with E-state index < -0.39 is 0 Å². The first-order chi connectivity index (χ1) is 10.3. The Hall–Kier alpha value is -2.13. The van der Waals surface area contributed by atoms with Gasteiger partial charge in [-0.3, -0.25) is 4.79 Å². The molecule has 0 fully saturated rings. The second kappa shape index (κ2) is 8.93. The van der Waals surface area contributed by atoms with Gasteiger partial charge in [-0.1, -0.05) is 60.7 Å². The maximum atomic E-state index is 11.6. The third-order valence-corrected chi connectivity index (χ3v) is 3.15. The highest BCUT2D eigenvalue weighted by Crippen LogP contribution is 2.02. The van der Waals surface area contributed by atoms with E-state index in [0.717, 1.165) is 18.4 Å². The number of aryl methyl sites for hydroxylation is 1. The third-order valence-electron chi connectivity index (χ3n) is 3.15. The topological polar surface area (TPSA) is 38.3 Å². The van der Waals surface area contributed by atoms with Gasteiger partial charge in [0.1, 0.15) is 6.61 Å². The molecule has 0 aromatic heterocycles. The van der Waals surface area contributed by atoms with E-state index in [-0.39, 0.29) is 12.5 Å². The molecule has 3 nitrogen and oxygen atoms in total. The van der Waals surface area contributed by atoms with Gasteiger partial charge in [-0.25, -0.2) is 0 Å². The van der Waals surface area contributed by atoms with E-state index in [1.54, 1.807) is 0 Å². The molecule has 0 bridgehead atoms. The summed E-state index contributed by atoms with van der Waals surface area (Å²) in [5.74, 6) is -0.0565. The van der Waals surface area contributed by atoms with Gasteiger partial charge < -0.3 is 10.1 Å². The highest BCUT2D eigenvalue weighted by atomic mass is 16.5. The smallest absolute Gasteiger partial charge is 0.246 e. The highest BCUT2D eigenvalue weighted by molar-refractivity contribution is 5.77. The Bertz CT molecular complexity index is 525. The minimum absolute atomic E-state index is 0.0565. The van der Waals surface area contributed by atoms with Gasteiger partial charge in [0, 0.05) is 6.54 Å². The maximum Gasteiger partial charge on any atom is 0.246 e. The zero-order valence-electron chi connectivity index (χ0n) is 12.1. The zero-order valence-corrected chi connectivity index (χ0v) is 12.1. The molecule has 0 unspecified atom stereocenters. The number of nitrogens with one attached hydrogen (secondary N) is 1. The molecular formula is C18H21NO2. The van der Waals surface area contributed by atoms with Crippen molar-refractivity contribution in [1.82, 2.24) is 5.32 Å². The summed E-state index contributed by atoms with van der Waals surface area (Å²) in [6, 6.07) is 20.1. The van der Waals surface area contributed by atoms with Crippen LogP contribution in [0.1, 0.15) is 17.5 Å². The second-order valence-corrected chi connectivity index (χ2v) is 4.92. The lowest BCUT2D eigenvalue weighted by Crippen LogP contribution is -2.28. The summed E-state index contributed by atoms with van der Waals surface area (Å²) >= 11 is 0. The normalized spacial score (nSPS) is 10.3. The van der Waals surface area contributed by atoms with E-state index in [0.29, 0.717) is 13.2 Å². The first kappa shape index (κ1) is 15.3. The van der Waals surface area contributed by atoms with Gasteiger partial charge in [-0.05, 0) is 24.0 Å². The average molecular weight is 283 g/mol. The fourth-order valence-electron chi connectivity index (χ4n) is 2.05. The van der Waals surface area contributed by atoms with Crippen molar-refractivity contribution in [1.29, 1.82) is 0 Å². The Kier molecular flexibility index (Phi) is 6.49. The molecule has 2 aromatic rings. The lowest BCUT2D eigenvalue weighted by atomic mass is 10.1. The summed E-state index contributed by atoms with van der Waals surface area (Å²) in [7, 11) is 0. The van der Waals surface area contributed by atoms with E-state index in [1.165, 1.54) is 5.56 Å². The predicted molar refractivity (Wildman–Crippen MR) is 83.9 cm³/mol. The van der Waals surface area contributed by atoms with Gasteiger partial charge >= 0.3 is 0 Å². The van der Waals surface area contributed by atoms with Crippen molar-refractivity contribution in [3.05, 3.63) is 71.8 Å². The molecule has 0 spiro atoms. The zero-order chi connectivity index (χ0) is 14.8.